The monoisotopic (exact) mass is 502 g/mol. The Kier molecular flexibility index (Phi) is 9.34. The Morgan fingerprint density at radius 1 is 1.06 bits per heavy atom. The zero-order chi connectivity index (χ0) is 26.1. The van der Waals surface area contributed by atoms with Crippen LogP contribution in [0.5, 0.6) is 0 Å². The Labute approximate surface area is 223 Å². The maximum Gasteiger partial charge on any atom is 0.213 e. The summed E-state index contributed by atoms with van der Waals surface area (Å²) in [6.45, 7) is 14.2. The van der Waals surface area contributed by atoms with Crippen LogP contribution in [0.4, 0.5) is 0 Å². The van der Waals surface area contributed by atoms with Gasteiger partial charge in [-0.3, -0.25) is 5.32 Å². The first kappa shape index (κ1) is 28.6. The largest absolute Gasteiger partial charge is 0.356 e. The second kappa shape index (κ2) is 11.8. The standard InChI is InChI=1S/C32H58N2O2/c1-22(2)9-8-10-23(3)27-13-14-28-26-12-11-24-21-25(36-30(35)33-19-20-34(6)7)15-17-31(24,4)29(26)16-18-32(27,28)5/h11,22-23,25-30,33,35H,8-10,12-21H2,1-7H3/t23-,25?,26+,27-,28?,29?,30?,31+,32-/m1/s1. The van der Waals surface area contributed by atoms with E-state index in [9.17, 15) is 5.11 Å². The van der Waals surface area contributed by atoms with Crippen molar-refractivity contribution in [3.63, 3.8) is 0 Å². The Bertz CT molecular complexity index is 750. The van der Waals surface area contributed by atoms with Crippen LogP contribution in [0.3, 0.4) is 0 Å². The molecule has 0 aromatic carbocycles. The molecule has 4 aliphatic rings. The van der Waals surface area contributed by atoms with E-state index in [1.807, 2.05) is 14.1 Å². The van der Waals surface area contributed by atoms with Gasteiger partial charge in [-0.15, -0.1) is 0 Å². The van der Waals surface area contributed by atoms with E-state index in [1.54, 1.807) is 5.57 Å². The van der Waals surface area contributed by atoms with Crippen molar-refractivity contribution in [3.8, 4) is 0 Å². The summed E-state index contributed by atoms with van der Waals surface area (Å²) in [7, 11) is 4.10. The van der Waals surface area contributed by atoms with Crippen LogP contribution < -0.4 is 5.32 Å². The normalized spacial score (nSPS) is 39.9. The van der Waals surface area contributed by atoms with Gasteiger partial charge >= 0.3 is 0 Å². The first-order chi connectivity index (χ1) is 17.0. The lowest BCUT2D eigenvalue weighted by molar-refractivity contribution is -0.165. The molecule has 0 heterocycles. The van der Waals surface area contributed by atoms with Gasteiger partial charge < -0.3 is 14.7 Å². The quantitative estimate of drug-likeness (QED) is 0.240. The molecule has 4 unspecified atom stereocenters. The second-order valence-corrected chi connectivity index (χ2v) is 14.4. The number of likely N-dealkylation sites (N-methyl/N-ethyl adjacent to an activating group) is 1. The van der Waals surface area contributed by atoms with E-state index in [0.717, 1.165) is 61.4 Å². The number of nitrogens with one attached hydrogen (secondary N) is 1. The number of aliphatic hydroxyl groups excluding tert-OH is 1. The highest BCUT2D eigenvalue weighted by Crippen LogP contribution is 2.67. The molecule has 36 heavy (non-hydrogen) atoms. The summed E-state index contributed by atoms with van der Waals surface area (Å²) in [6, 6.07) is 0. The van der Waals surface area contributed by atoms with E-state index >= 15 is 0 Å². The molecule has 4 heteroatoms. The summed E-state index contributed by atoms with van der Waals surface area (Å²) in [4.78, 5) is 2.12. The van der Waals surface area contributed by atoms with Crippen molar-refractivity contribution in [2.45, 2.75) is 118 Å². The van der Waals surface area contributed by atoms with E-state index in [4.69, 9.17) is 4.74 Å². The van der Waals surface area contributed by atoms with Crippen molar-refractivity contribution in [1.82, 2.24) is 10.2 Å². The molecular weight excluding hydrogens is 444 g/mol. The number of allylic oxidation sites excluding steroid dienone is 1. The van der Waals surface area contributed by atoms with Crippen LogP contribution in [-0.4, -0.2) is 49.7 Å². The summed E-state index contributed by atoms with van der Waals surface area (Å²) in [5.74, 6) is 5.29. The topological polar surface area (TPSA) is 44.7 Å². The first-order valence-electron chi connectivity index (χ1n) is 15.5. The second-order valence-electron chi connectivity index (χ2n) is 14.4. The molecule has 4 aliphatic carbocycles. The molecule has 0 aromatic rings. The fourth-order valence-electron chi connectivity index (χ4n) is 9.41. The molecule has 0 radical (unpaired) electrons. The minimum Gasteiger partial charge on any atom is -0.356 e. The molecule has 208 valence electrons. The molecule has 4 nitrogen and oxygen atoms in total. The number of hydrogen-bond acceptors (Lipinski definition) is 4. The summed E-state index contributed by atoms with van der Waals surface area (Å²) in [5.41, 5.74) is 2.54. The molecule has 3 saturated carbocycles. The van der Waals surface area contributed by atoms with Gasteiger partial charge in [-0.25, -0.2) is 0 Å². The molecule has 4 rings (SSSR count). The van der Waals surface area contributed by atoms with Gasteiger partial charge in [0.2, 0.25) is 6.41 Å². The van der Waals surface area contributed by atoms with Gasteiger partial charge in [-0.05, 0) is 112 Å². The van der Waals surface area contributed by atoms with Crippen molar-refractivity contribution in [1.29, 1.82) is 0 Å². The van der Waals surface area contributed by atoms with Gasteiger partial charge in [0.15, 0.2) is 0 Å². The SMILES string of the molecule is CC(C)CCC[C@@H](C)[C@H]1CCC2[C@@H]3CC=C4CC(OC(O)NCCN(C)C)CC[C@]4(C)C3CC[C@@]21C. The molecular formula is C32H58N2O2. The minimum atomic E-state index is -0.857. The highest BCUT2D eigenvalue weighted by molar-refractivity contribution is 5.25. The molecule has 3 fully saturated rings. The van der Waals surface area contributed by atoms with Gasteiger partial charge in [0.05, 0.1) is 6.10 Å². The summed E-state index contributed by atoms with van der Waals surface area (Å²) in [5, 5.41) is 13.5. The lowest BCUT2D eigenvalue weighted by Gasteiger charge is -2.58. The van der Waals surface area contributed by atoms with Gasteiger partial charge in [-0.2, -0.15) is 0 Å². The number of fused-ring (bicyclic) bond motifs is 5. The van der Waals surface area contributed by atoms with Crippen LogP contribution in [0.15, 0.2) is 11.6 Å². The Morgan fingerprint density at radius 3 is 2.56 bits per heavy atom. The van der Waals surface area contributed by atoms with Crippen LogP contribution in [0.25, 0.3) is 0 Å². The van der Waals surface area contributed by atoms with Gasteiger partial charge in [-0.1, -0.05) is 65.5 Å². The summed E-state index contributed by atoms with van der Waals surface area (Å²) >= 11 is 0. The highest BCUT2D eigenvalue weighted by atomic mass is 16.6. The Morgan fingerprint density at radius 2 is 1.83 bits per heavy atom. The van der Waals surface area contributed by atoms with E-state index in [1.165, 1.54) is 57.8 Å². The number of hydrogen-bond donors (Lipinski definition) is 2. The van der Waals surface area contributed by atoms with E-state index < -0.39 is 6.41 Å². The van der Waals surface area contributed by atoms with E-state index in [2.05, 4.69) is 50.9 Å². The van der Waals surface area contributed by atoms with Crippen molar-refractivity contribution in [2.24, 2.45) is 46.3 Å². The zero-order valence-electron chi connectivity index (χ0n) is 24.7. The number of aliphatic hydroxyl groups is 1. The lowest BCUT2D eigenvalue weighted by Crippen LogP contribution is -2.51. The predicted molar refractivity (Wildman–Crippen MR) is 150 cm³/mol. The van der Waals surface area contributed by atoms with Crippen LogP contribution in [-0.2, 0) is 4.74 Å². The zero-order valence-corrected chi connectivity index (χ0v) is 24.7. The van der Waals surface area contributed by atoms with Crippen molar-refractivity contribution in [3.05, 3.63) is 11.6 Å². The third-order valence-electron chi connectivity index (χ3n) is 11.5. The Hall–Kier alpha value is -0.420. The third kappa shape index (κ3) is 5.92. The molecule has 9 atom stereocenters. The summed E-state index contributed by atoms with van der Waals surface area (Å²) in [6.07, 6.45) is 16.5. The van der Waals surface area contributed by atoms with Crippen LogP contribution in [0.2, 0.25) is 0 Å². The maximum absolute atomic E-state index is 10.4. The molecule has 0 aromatic heterocycles. The number of rotatable bonds is 11. The average molecular weight is 503 g/mol. The molecule has 0 saturated heterocycles. The molecule has 0 amide bonds. The molecule has 0 spiro atoms. The third-order valence-corrected chi connectivity index (χ3v) is 11.5. The lowest BCUT2D eigenvalue weighted by atomic mass is 9.47. The fraction of sp³-hybridized carbons (Fsp3) is 0.938. The van der Waals surface area contributed by atoms with Crippen molar-refractivity contribution in [2.75, 3.05) is 27.2 Å². The highest BCUT2D eigenvalue weighted by Gasteiger charge is 2.59. The van der Waals surface area contributed by atoms with Crippen LogP contribution in [0, 0.1) is 46.3 Å². The van der Waals surface area contributed by atoms with Gasteiger partial charge in [0.25, 0.3) is 0 Å². The predicted octanol–water partition coefficient (Wildman–Crippen LogP) is 6.84. The molecule has 0 aliphatic heterocycles. The first-order valence-corrected chi connectivity index (χ1v) is 15.5. The number of ether oxygens (including phenoxy) is 1. The number of nitrogens with zero attached hydrogens (tertiary/aromatic N) is 1. The van der Waals surface area contributed by atoms with Crippen LogP contribution in [0.1, 0.15) is 105 Å². The Balaban J connectivity index is 1.37. The van der Waals surface area contributed by atoms with Gasteiger partial charge in [0.1, 0.15) is 0 Å². The van der Waals surface area contributed by atoms with Crippen molar-refractivity contribution < 1.29 is 9.84 Å². The van der Waals surface area contributed by atoms with Crippen LogP contribution >= 0.6 is 0 Å². The molecule has 0 bridgehead atoms. The van der Waals surface area contributed by atoms with E-state index in [-0.39, 0.29) is 6.10 Å². The van der Waals surface area contributed by atoms with Crippen molar-refractivity contribution >= 4 is 0 Å². The average Bonchev–Trinajstić information content (AvgIpc) is 3.16. The molecule has 2 N–H and O–H groups in total. The maximum atomic E-state index is 10.4. The smallest absolute Gasteiger partial charge is 0.213 e. The fourth-order valence-corrected chi connectivity index (χ4v) is 9.41. The minimum absolute atomic E-state index is 0.138. The van der Waals surface area contributed by atoms with Gasteiger partial charge in [0, 0.05) is 13.1 Å². The van der Waals surface area contributed by atoms with E-state index in [0.29, 0.717) is 10.8 Å². The summed E-state index contributed by atoms with van der Waals surface area (Å²) < 4.78 is 6.06.